The third-order valence-corrected chi connectivity index (χ3v) is 6.24. The molecule has 33 heavy (non-hydrogen) atoms. The van der Waals surface area contributed by atoms with E-state index < -0.39 is 0 Å². The lowest BCUT2D eigenvalue weighted by Gasteiger charge is -2.35. The van der Waals surface area contributed by atoms with Gasteiger partial charge in [0.1, 0.15) is 5.82 Å². The first kappa shape index (κ1) is 21.1. The Balaban J connectivity index is 1.28. The van der Waals surface area contributed by atoms with Crippen LogP contribution >= 0.6 is 0 Å². The summed E-state index contributed by atoms with van der Waals surface area (Å²) in [6.07, 6.45) is 0. The maximum absolute atomic E-state index is 13.1. The van der Waals surface area contributed by atoms with Crippen LogP contribution < -0.4 is 4.90 Å². The summed E-state index contributed by atoms with van der Waals surface area (Å²) in [5.41, 5.74) is 2.10. The third kappa shape index (κ3) is 3.84. The summed E-state index contributed by atoms with van der Waals surface area (Å²) in [6, 6.07) is 17.0. The first-order valence-corrected chi connectivity index (χ1v) is 11.3. The molecule has 7 heteroatoms. The van der Waals surface area contributed by atoms with Gasteiger partial charge in [-0.15, -0.1) is 0 Å². The van der Waals surface area contributed by atoms with E-state index >= 15 is 0 Å². The van der Waals surface area contributed by atoms with Crippen molar-refractivity contribution in [2.45, 2.75) is 13.8 Å². The first-order chi connectivity index (χ1) is 15.9. The van der Waals surface area contributed by atoms with Gasteiger partial charge in [-0.25, -0.2) is 4.98 Å². The summed E-state index contributed by atoms with van der Waals surface area (Å²) >= 11 is 0. The van der Waals surface area contributed by atoms with Crippen LogP contribution in [0.25, 0.3) is 10.9 Å². The van der Waals surface area contributed by atoms with Crippen molar-refractivity contribution in [1.82, 2.24) is 14.8 Å². The van der Waals surface area contributed by atoms with Crippen molar-refractivity contribution in [2.75, 3.05) is 37.6 Å². The van der Waals surface area contributed by atoms with E-state index in [4.69, 9.17) is 4.98 Å². The van der Waals surface area contributed by atoms with Crippen molar-refractivity contribution in [1.29, 1.82) is 0 Å². The molecule has 3 heterocycles. The van der Waals surface area contributed by atoms with Crippen LogP contribution in [0.5, 0.6) is 0 Å². The van der Waals surface area contributed by atoms with Gasteiger partial charge in [-0.2, -0.15) is 0 Å². The van der Waals surface area contributed by atoms with Crippen molar-refractivity contribution in [3.63, 3.8) is 0 Å². The minimum atomic E-state index is -0.314. The van der Waals surface area contributed by atoms with Gasteiger partial charge in [-0.1, -0.05) is 32.0 Å². The van der Waals surface area contributed by atoms with Crippen molar-refractivity contribution in [3.05, 3.63) is 71.3 Å². The van der Waals surface area contributed by atoms with Gasteiger partial charge in [0.2, 0.25) is 0 Å². The van der Waals surface area contributed by atoms with E-state index in [1.807, 2.05) is 44.2 Å². The van der Waals surface area contributed by atoms with Gasteiger partial charge >= 0.3 is 0 Å². The Morgan fingerprint density at radius 3 is 2.39 bits per heavy atom. The lowest BCUT2D eigenvalue weighted by molar-refractivity contribution is 0.0635. The van der Waals surface area contributed by atoms with Crippen LogP contribution in [0.15, 0.2) is 54.6 Å². The quantitative estimate of drug-likeness (QED) is 0.579. The normalized spacial score (nSPS) is 16.2. The topological polar surface area (TPSA) is 73.8 Å². The average Bonchev–Trinajstić information content (AvgIpc) is 3.07. The Morgan fingerprint density at radius 2 is 1.64 bits per heavy atom. The van der Waals surface area contributed by atoms with E-state index in [9.17, 15) is 14.4 Å². The predicted molar refractivity (Wildman–Crippen MR) is 127 cm³/mol. The molecule has 1 fully saturated rings. The molecule has 1 aromatic heterocycles. The smallest absolute Gasteiger partial charge is 0.261 e. The Hall–Kier alpha value is -3.74. The molecule has 1 saturated heterocycles. The predicted octanol–water partition coefficient (Wildman–Crippen LogP) is 3.45. The Morgan fingerprint density at radius 1 is 0.909 bits per heavy atom. The Kier molecular flexibility index (Phi) is 5.32. The number of hydrogen-bond acceptors (Lipinski definition) is 5. The highest BCUT2D eigenvalue weighted by atomic mass is 16.2. The van der Waals surface area contributed by atoms with Gasteiger partial charge in [0, 0.05) is 43.7 Å². The number of piperazine rings is 1. The molecule has 0 spiro atoms. The Bertz CT molecular complexity index is 1260. The summed E-state index contributed by atoms with van der Waals surface area (Å²) < 4.78 is 0. The van der Waals surface area contributed by atoms with Crippen molar-refractivity contribution in [2.24, 2.45) is 5.92 Å². The highest BCUT2D eigenvalue weighted by Crippen LogP contribution is 2.26. The van der Waals surface area contributed by atoms with Gasteiger partial charge in [-0.05, 0) is 42.3 Å². The van der Waals surface area contributed by atoms with Gasteiger partial charge < -0.3 is 9.80 Å². The maximum Gasteiger partial charge on any atom is 0.261 e. The molecule has 0 N–H and O–H groups in total. The minimum Gasteiger partial charge on any atom is -0.353 e. The fraction of sp³-hybridized carbons (Fsp3) is 0.308. The summed E-state index contributed by atoms with van der Waals surface area (Å²) in [6.45, 7) is 6.80. The number of aromatic nitrogens is 1. The second-order valence-electron chi connectivity index (χ2n) is 9.02. The monoisotopic (exact) mass is 442 g/mol. The number of anilines is 1. The number of para-hydroxylation sites is 1. The van der Waals surface area contributed by atoms with Crippen LogP contribution in [0.4, 0.5) is 5.82 Å². The molecule has 5 rings (SSSR count). The molecular weight excluding hydrogens is 416 g/mol. The molecule has 0 aliphatic carbocycles. The first-order valence-electron chi connectivity index (χ1n) is 11.3. The fourth-order valence-corrected chi connectivity index (χ4v) is 4.51. The van der Waals surface area contributed by atoms with Gasteiger partial charge in [0.15, 0.2) is 0 Å². The number of amides is 3. The van der Waals surface area contributed by atoms with E-state index in [0.29, 0.717) is 49.4 Å². The number of imide groups is 1. The Labute approximate surface area is 192 Å². The molecule has 168 valence electrons. The summed E-state index contributed by atoms with van der Waals surface area (Å²) in [4.78, 5) is 48.5. The highest BCUT2D eigenvalue weighted by Gasteiger charge is 2.36. The van der Waals surface area contributed by atoms with Gasteiger partial charge in [0.25, 0.3) is 17.7 Å². The number of pyridine rings is 1. The maximum atomic E-state index is 13.1. The summed E-state index contributed by atoms with van der Waals surface area (Å²) in [5, 5.41) is 1.10. The molecule has 0 saturated carbocycles. The SMILES string of the molecule is CC(C)CN1C(=O)c2ccc(C(=O)N3CCN(c4ccc5ccccc5n4)CC3)cc2C1=O. The highest BCUT2D eigenvalue weighted by molar-refractivity contribution is 6.22. The minimum absolute atomic E-state index is 0.119. The standard InChI is InChI=1S/C26H26N4O3/c1-17(2)16-30-25(32)20-9-7-19(15-21(20)26(30)33)24(31)29-13-11-28(12-14-29)23-10-8-18-5-3-4-6-22(18)27-23/h3-10,15,17H,11-14,16H2,1-2H3. The van der Waals surface area contributed by atoms with E-state index in [-0.39, 0.29) is 23.6 Å². The second-order valence-corrected chi connectivity index (χ2v) is 9.02. The van der Waals surface area contributed by atoms with Crippen LogP contribution in [0.3, 0.4) is 0 Å². The van der Waals surface area contributed by atoms with E-state index in [1.54, 1.807) is 23.1 Å². The van der Waals surface area contributed by atoms with Crippen LogP contribution in [0.2, 0.25) is 0 Å². The van der Waals surface area contributed by atoms with Crippen molar-refractivity contribution < 1.29 is 14.4 Å². The lowest BCUT2D eigenvalue weighted by atomic mass is 10.0. The van der Waals surface area contributed by atoms with Gasteiger partial charge in [-0.3, -0.25) is 19.3 Å². The van der Waals surface area contributed by atoms with Crippen LogP contribution in [-0.2, 0) is 0 Å². The zero-order valence-electron chi connectivity index (χ0n) is 18.8. The number of benzene rings is 2. The number of carbonyl (C=O) groups is 3. The lowest BCUT2D eigenvalue weighted by Crippen LogP contribution is -2.49. The van der Waals surface area contributed by atoms with E-state index in [0.717, 1.165) is 16.7 Å². The summed E-state index contributed by atoms with van der Waals surface area (Å²) in [5.74, 6) is 0.380. The molecule has 0 unspecified atom stereocenters. The molecule has 0 atom stereocenters. The molecule has 2 aliphatic rings. The molecule has 2 aliphatic heterocycles. The second kappa shape index (κ2) is 8.31. The van der Waals surface area contributed by atoms with Crippen molar-refractivity contribution >= 4 is 34.4 Å². The zero-order valence-corrected chi connectivity index (χ0v) is 18.8. The fourth-order valence-electron chi connectivity index (χ4n) is 4.51. The number of fused-ring (bicyclic) bond motifs is 2. The summed E-state index contributed by atoms with van der Waals surface area (Å²) in [7, 11) is 0. The average molecular weight is 443 g/mol. The number of rotatable bonds is 4. The molecule has 0 radical (unpaired) electrons. The molecule has 2 aromatic carbocycles. The third-order valence-electron chi connectivity index (χ3n) is 6.24. The largest absolute Gasteiger partial charge is 0.353 e. The molecule has 3 amide bonds. The zero-order chi connectivity index (χ0) is 23.1. The number of carbonyl (C=O) groups excluding carboxylic acids is 3. The number of hydrogen-bond donors (Lipinski definition) is 0. The van der Waals surface area contributed by atoms with E-state index in [1.165, 1.54) is 4.90 Å². The molecular formula is C26H26N4O3. The van der Waals surface area contributed by atoms with Crippen LogP contribution in [-0.4, -0.2) is 65.2 Å². The van der Waals surface area contributed by atoms with Crippen LogP contribution in [0, 0.1) is 5.92 Å². The van der Waals surface area contributed by atoms with Gasteiger partial charge in [0.05, 0.1) is 16.6 Å². The van der Waals surface area contributed by atoms with Crippen molar-refractivity contribution in [3.8, 4) is 0 Å². The molecule has 0 bridgehead atoms. The van der Waals surface area contributed by atoms with Crippen LogP contribution in [0.1, 0.15) is 44.9 Å². The van der Waals surface area contributed by atoms with E-state index in [2.05, 4.69) is 11.0 Å². The molecule has 7 nitrogen and oxygen atoms in total. The molecule has 3 aromatic rings. The number of nitrogens with zero attached hydrogens (tertiary/aromatic N) is 4.